The quantitative estimate of drug-likeness (QED) is 0.593. The van der Waals surface area contributed by atoms with E-state index in [1.807, 2.05) is 0 Å². The van der Waals surface area contributed by atoms with Crippen molar-refractivity contribution in [3.63, 3.8) is 0 Å². The van der Waals surface area contributed by atoms with E-state index >= 15 is 0 Å². The third-order valence-electron chi connectivity index (χ3n) is 0.973. The van der Waals surface area contributed by atoms with Crippen LogP contribution in [0.2, 0.25) is 0 Å². The van der Waals surface area contributed by atoms with Gasteiger partial charge in [0, 0.05) is 11.5 Å². The van der Waals surface area contributed by atoms with E-state index in [-0.39, 0.29) is 0 Å². The molecule has 2 aromatic heterocycles. The number of thiol groups is 1. The maximum atomic E-state index is 4.03. The monoisotopic (exact) mass is 170 g/mol. The van der Waals surface area contributed by atoms with Gasteiger partial charge in [0.25, 0.3) is 0 Å². The van der Waals surface area contributed by atoms with Gasteiger partial charge in [0.15, 0.2) is 4.83 Å². The molecule has 0 aliphatic heterocycles. The second-order valence-electron chi connectivity index (χ2n) is 1.63. The molecule has 0 saturated heterocycles. The van der Waals surface area contributed by atoms with Gasteiger partial charge in [-0.15, -0.1) is 17.7 Å². The normalized spacial score (nSPS) is 10.5. The Morgan fingerprint density at radius 2 is 2.40 bits per heavy atom. The van der Waals surface area contributed by atoms with Crippen molar-refractivity contribution in [2.45, 2.75) is 5.03 Å². The van der Waals surface area contributed by atoms with Crippen molar-refractivity contribution in [3.8, 4) is 0 Å². The lowest BCUT2D eigenvalue weighted by molar-refractivity contribution is 1.09. The van der Waals surface area contributed by atoms with Crippen LogP contribution in [0.5, 0.6) is 0 Å². The number of hydrogen-bond acceptors (Lipinski definition) is 6. The minimum absolute atomic E-state index is 0.586. The van der Waals surface area contributed by atoms with Gasteiger partial charge in [-0.05, 0) is 0 Å². The van der Waals surface area contributed by atoms with Crippen molar-refractivity contribution >= 4 is 34.6 Å². The molecule has 0 atom stereocenters. The highest BCUT2D eigenvalue weighted by Gasteiger charge is 1.99. The second kappa shape index (κ2) is 2.14. The summed E-state index contributed by atoms with van der Waals surface area (Å²) in [5.74, 6) is 0. The minimum atomic E-state index is 0.586. The van der Waals surface area contributed by atoms with Crippen LogP contribution in [0, 0.1) is 0 Å². The SMILES string of the molecule is Sc1cnc2nnsc2n1. The summed E-state index contributed by atoms with van der Waals surface area (Å²) in [6.45, 7) is 0. The highest BCUT2D eigenvalue weighted by Crippen LogP contribution is 2.10. The molecular formula is C4H2N4S2. The van der Waals surface area contributed by atoms with E-state index in [1.165, 1.54) is 11.5 Å². The molecule has 0 N–H and O–H groups in total. The zero-order valence-corrected chi connectivity index (χ0v) is 6.43. The van der Waals surface area contributed by atoms with Crippen LogP contribution in [0.3, 0.4) is 0 Å². The zero-order chi connectivity index (χ0) is 6.97. The predicted octanol–water partition coefficient (Wildman–Crippen LogP) is 0.770. The molecule has 0 spiro atoms. The molecule has 0 aromatic carbocycles. The summed E-state index contributed by atoms with van der Waals surface area (Å²) >= 11 is 5.23. The van der Waals surface area contributed by atoms with Crippen molar-refractivity contribution in [3.05, 3.63) is 6.20 Å². The van der Waals surface area contributed by atoms with Gasteiger partial charge in [0.1, 0.15) is 5.03 Å². The molecular weight excluding hydrogens is 168 g/mol. The maximum Gasteiger partial charge on any atom is 0.213 e. The first-order valence-electron chi connectivity index (χ1n) is 2.50. The standard InChI is InChI=1S/C4H2N4S2/c9-2-1-5-3-4(6-2)10-8-7-3/h1H,(H,6,9). The zero-order valence-electron chi connectivity index (χ0n) is 4.72. The molecule has 4 nitrogen and oxygen atoms in total. The molecule has 10 heavy (non-hydrogen) atoms. The predicted molar refractivity (Wildman–Crippen MR) is 40.3 cm³/mol. The number of fused-ring (bicyclic) bond motifs is 1. The summed E-state index contributed by atoms with van der Waals surface area (Å²) in [6, 6.07) is 0. The van der Waals surface area contributed by atoms with E-state index in [4.69, 9.17) is 0 Å². The lowest BCUT2D eigenvalue weighted by Crippen LogP contribution is -1.80. The van der Waals surface area contributed by atoms with Crippen LogP contribution >= 0.6 is 24.2 Å². The van der Waals surface area contributed by atoms with Gasteiger partial charge in [-0.25, -0.2) is 9.97 Å². The van der Waals surface area contributed by atoms with Gasteiger partial charge < -0.3 is 0 Å². The molecule has 2 rings (SSSR count). The maximum absolute atomic E-state index is 4.03. The lowest BCUT2D eigenvalue weighted by atomic mass is 10.7. The number of aromatic nitrogens is 4. The van der Waals surface area contributed by atoms with Gasteiger partial charge in [-0.3, -0.25) is 0 Å². The summed E-state index contributed by atoms with van der Waals surface area (Å²) < 4.78 is 3.68. The Labute approximate surface area is 65.9 Å². The molecule has 50 valence electrons. The molecule has 0 amide bonds. The van der Waals surface area contributed by atoms with Crippen molar-refractivity contribution in [2.75, 3.05) is 0 Å². The van der Waals surface area contributed by atoms with Crippen molar-refractivity contribution in [1.29, 1.82) is 0 Å². The Morgan fingerprint density at radius 3 is 3.30 bits per heavy atom. The van der Waals surface area contributed by atoms with Gasteiger partial charge in [-0.1, -0.05) is 4.49 Å². The first-order chi connectivity index (χ1) is 4.86. The smallest absolute Gasteiger partial charge is 0.213 e. The molecule has 0 saturated carbocycles. The topological polar surface area (TPSA) is 51.6 Å². The van der Waals surface area contributed by atoms with Crippen LogP contribution in [-0.4, -0.2) is 19.6 Å². The van der Waals surface area contributed by atoms with Crippen molar-refractivity contribution in [1.82, 2.24) is 19.6 Å². The number of nitrogens with zero attached hydrogens (tertiary/aromatic N) is 4. The van der Waals surface area contributed by atoms with E-state index in [2.05, 4.69) is 32.2 Å². The van der Waals surface area contributed by atoms with Crippen molar-refractivity contribution in [2.24, 2.45) is 0 Å². The molecule has 0 radical (unpaired) electrons. The first-order valence-corrected chi connectivity index (χ1v) is 3.72. The summed E-state index contributed by atoms with van der Waals surface area (Å²) in [4.78, 5) is 8.70. The van der Waals surface area contributed by atoms with Crippen LogP contribution in [0.15, 0.2) is 11.2 Å². The van der Waals surface area contributed by atoms with Crippen LogP contribution in [0.1, 0.15) is 0 Å². The number of rotatable bonds is 0. The Kier molecular flexibility index (Phi) is 1.28. The van der Waals surface area contributed by atoms with E-state index in [1.54, 1.807) is 6.20 Å². The number of hydrogen-bond donors (Lipinski definition) is 1. The highest BCUT2D eigenvalue weighted by molar-refractivity contribution is 7.80. The Hall–Kier alpha value is -0.750. The van der Waals surface area contributed by atoms with Gasteiger partial charge in [0.05, 0.1) is 6.20 Å². The van der Waals surface area contributed by atoms with Crippen LogP contribution in [0.4, 0.5) is 0 Å². The molecule has 2 aromatic rings. The molecule has 0 bridgehead atoms. The fourth-order valence-corrected chi connectivity index (χ4v) is 1.32. The Bertz CT molecular complexity index is 357. The molecule has 0 unspecified atom stereocenters. The largest absolute Gasteiger partial charge is 0.230 e. The van der Waals surface area contributed by atoms with E-state index < -0.39 is 0 Å². The minimum Gasteiger partial charge on any atom is -0.230 e. The summed E-state index contributed by atoms with van der Waals surface area (Å²) in [5, 5.41) is 4.32. The van der Waals surface area contributed by atoms with E-state index in [0.29, 0.717) is 10.7 Å². The van der Waals surface area contributed by atoms with Gasteiger partial charge in [-0.2, -0.15) is 0 Å². The molecule has 2 heterocycles. The second-order valence-corrected chi connectivity index (χ2v) is 2.82. The van der Waals surface area contributed by atoms with Crippen LogP contribution in [0.25, 0.3) is 10.5 Å². The fourth-order valence-electron chi connectivity index (χ4n) is 0.585. The fraction of sp³-hybridized carbons (Fsp3) is 0. The summed E-state index contributed by atoms with van der Waals surface area (Å²) in [6.07, 6.45) is 1.55. The molecule has 6 heteroatoms. The van der Waals surface area contributed by atoms with E-state index in [0.717, 1.165) is 4.83 Å². The first kappa shape index (κ1) is 5.99. The summed E-state index contributed by atoms with van der Waals surface area (Å²) in [5.41, 5.74) is 0.586. The van der Waals surface area contributed by atoms with E-state index in [9.17, 15) is 0 Å². The highest BCUT2D eigenvalue weighted by atomic mass is 32.1. The Balaban J connectivity index is 2.86. The lowest BCUT2D eigenvalue weighted by Gasteiger charge is -1.85. The Morgan fingerprint density at radius 1 is 1.50 bits per heavy atom. The molecule has 0 aliphatic rings. The van der Waals surface area contributed by atoms with Crippen molar-refractivity contribution < 1.29 is 0 Å². The third-order valence-corrected chi connectivity index (χ3v) is 1.80. The summed E-state index contributed by atoms with van der Waals surface area (Å²) in [7, 11) is 0. The average molecular weight is 170 g/mol. The third kappa shape index (κ3) is 0.850. The van der Waals surface area contributed by atoms with Crippen LogP contribution < -0.4 is 0 Å². The average Bonchev–Trinajstić information content (AvgIpc) is 2.33. The van der Waals surface area contributed by atoms with Gasteiger partial charge >= 0.3 is 0 Å². The molecule has 0 aliphatic carbocycles. The van der Waals surface area contributed by atoms with Gasteiger partial charge in [0.2, 0.25) is 5.65 Å². The molecule has 0 fully saturated rings. The van der Waals surface area contributed by atoms with Crippen LogP contribution in [-0.2, 0) is 0 Å².